The molecule has 10 heteroatoms. The minimum Gasteiger partial charge on any atom is -0.439 e. The molecule has 168 valence electrons. The summed E-state index contributed by atoms with van der Waals surface area (Å²) in [6.07, 6.45) is 3.04. The smallest absolute Gasteiger partial charge is 0.264 e. The lowest BCUT2D eigenvalue weighted by Crippen LogP contribution is -2.25. The lowest BCUT2D eigenvalue weighted by atomic mass is 10.1. The fourth-order valence-corrected chi connectivity index (χ4v) is 3.17. The molecule has 1 amide bonds. The van der Waals surface area contributed by atoms with Crippen molar-refractivity contribution >= 4 is 28.7 Å². The Morgan fingerprint density at radius 2 is 1.91 bits per heavy atom. The summed E-state index contributed by atoms with van der Waals surface area (Å²) >= 11 is 0. The Morgan fingerprint density at radius 3 is 2.67 bits per heavy atom. The highest BCUT2D eigenvalue weighted by atomic mass is 16.5. The van der Waals surface area contributed by atoms with Crippen LogP contribution < -0.4 is 20.9 Å². The third-order valence-electron chi connectivity index (χ3n) is 4.66. The first-order valence-corrected chi connectivity index (χ1v) is 10.3. The number of amides is 1. The van der Waals surface area contributed by atoms with Gasteiger partial charge in [-0.15, -0.1) is 0 Å². The van der Waals surface area contributed by atoms with Crippen molar-refractivity contribution < 1.29 is 9.53 Å². The van der Waals surface area contributed by atoms with Crippen LogP contribution in [0, 0.1) is 0 Å². The molecule has 0 spiro atoms. The number of carbonyl (C=O) groups excluding carboxylic acids is 1. The number of hydrogen-bond acceptors (Lipinski definition) is 8. The highest BCUT2D eigenvalue weighted by Gasteiger charge is 2.12. The van der Waals surface area contributed by atoms with Gasteiger partial charge < -0.3 is 10.1 Å². The van der Waals surface area contributed by atoms with E-state index in [9.17, 15) is 9.59 Å². The van der Waals surface area contributed by atoms with Crippen LogP contribution in [0.4, 0.5) is 11.9 Å². The maximum atomic E-state index is 12.8. The van der Waals surface area contributed by atoms with Gasteiger partial charge >= 0.3 is 0 Å². The SMILES string of the molecule is CC(=O)Nc1nccc(Oc2ccc3nc(-c4cnc(NC(C)C)n(C)c4=O)ccc3c2)n1. The number of pyridine rings is 1. The zero-order valence-corrected chi connectivity index (χ0v) is 18.7. The summed E-state index contributed by atoms with van der Waals surface area (Å²) in [6, 6.07) is 10.8. The average molecular weight is 445 g/mol. The molecular formula is C23H23N7O3. The number of nitrogens with one attached hydrogen (secondary N) is 2. The summed E-state index contributed by atoms with van der Waals surface area (Å²) in [5.41, 5.74) is 1.48. The van der Waals surface area contributed by atoms with Crippen LogP contribution in [0.2, 0.25) is 0 Å². The number of rotatable bonds is 6. The molecule has 2 N–H and O–H groups in total. The van der Waals surface area contributed by atoms with E-state index < -0.39 is 0 Å². The largest absolute Gasteiger partial charge is 0.439 e. The predicted molar refractivity (Wildman–Crippen MR) is 125 cm³/mol. The van der Waals surface area contributed by atoms with Crippen LogP contribution in [0.5, 0.6) is 11.6 Å². The van der Waals surface area contributed by atoms with Crippen LogP contribution in [0.3, 0.4) is 0 Å². The Bertz CT molecular complexity index is 1400. The number of hydrogen-bond donors (Lipinski definition) is 2. The number of anilines is 2. The molecule has 3 aromatic heterocycles. The minimum absolute atomic E-state index is 0.156. The van der Waals surface area contributed by atoms with Gasteiger partial charge in [-0.05, 0) is 38.1 Å². The van der Waals surface area contributed by atoms with Gasteiger partial charge in [0.1, 0.15) is 5.75 Å². The van der Waals surface area contributed by atoms with Gasteiger partial charge in [-0.1, -0.05) is 6.07 Å². The molecule has 33 heavy (non-hydrogen) atoms. The highest BCUT2D eigenvalue weighted by Crippen LogP contribution is 2.26. The Morgan fingerprint density at radius 1 is 1.09 bits per heavy atom. The predicted octanol–water partition coefficient (Wildman–Crippen LogP) is 3.36. The zero-order valence-electron chi connectivity index (χ0n) is 18.7. The van der Waals surface area contributed by atoms with Gasteiger partial charge in [0.25, 0.3) is 5.56 Å². The molecule has 0 aliphatic heterocycles. The van der Waals surface area contributed by atoms with E-state index in [2.05, 4.69) is 30.6 Å². The molecule has 0 aliphatic carbocycles. The monoisotopic (exact) mass is 445 g/mol. The fraction of sp³-hybridized carbons (Fsp3) is 0.217. The molecule has 0 saturated heterocycles. The van der Waals surface area contributed by atoms with Crippen LogP contribution >= 0.6 is 0 Å². The standard InChI is InChI=1S/C23H23N7O3/c1-13(2)26-23-25-12-17(21(32)30(23)4)19-7-5-15-11-16(6-8-18(15)28-19)33-20-9-10-24-22(29-20)27-14(3)31/h5-13H,1-4H3,(H,25,26)(H,24,27,29,31). The Balaban J connectivity index is 1.61. The van der Waals surface area contributed by atoms with Gasteiger partial charge in [-0.3, -0.25) is 19.5 Å². The minimum atomic E-state index is -0.268. The summed E-state index contributed by atoms with van der Waals surface area (Å²) in [5.74, 6) is 1.24. The first-order chi connectivity index (χ1) is 15.8. The van der Waals surface area contributed by atoms with Crippen LogP contribution in [-0.4, -0.2) is 36.5 Å². The van der Waals surface area contributed by atoms with E-state index in [1.165, 1.54) is 17.7 Å². The first-order valence-electron chi connectivity index (χ1n) is 10.3. The third-order valence-corrected chi connectivity index (χ3v) is 4.66. The summed E-state index contributed by atoms with van der Waals surface area (Å²) in [7, 11) is 1.68. The second kappa shape index (κ2) is 9.03. The highest BCUT2D eigenvalue weighted by molar-refractivity contribution is 5.86. The van der Waals surface area contributed by atoms with Crippen LogP contribution in [0.15, 0.2) is 53.6 Å². The number of carbonyl (C=O) groups is 1. The fourth-order valence-electron chi connectivity index (χ4n) is 3.17. The first kappa shape index (κ1) is 21.9. The molecule has 3 heterocycles. The number of ether oxygens (including phenoxy) is 1. The van der Waals surface area contributed by atoms with Crippen molar-refractivity contribution in [1.29, 1.82) is 0 Å². The number of benzene rings is 1. The van der Waals surface area contributed by atoms with E-state index >= 15 is 0 Å². The number of aromatic nitrogens is 5. The Hall–Kier alpha value is -4.34. The summed E-state index contributed by atoms with van der Waals surface area (Å²) < 4.78 is 7.28. The summed E-state index contributed by atoms with van der Waals surface area (Å²) in [5, 5.41) is 6.49. The zero-order chi connectivity index (χ0) is 23.5. The second-order valence-corrected chi connectivity index (χ2v) is 7.71. The van der Waals surface area contributed by atoms with Crippen molar-refractivity contribution in [2.45, 2.75) is 26.8 Å². The molecule has 10 nitrogen and oxygen atoms in total. The lowest BCUT2D eigenvalue weighted by molar-refractivity contribution is -0.114. The number of nitrogens with zero attached hydrogens (tertiary/aromatic N) is 5. The third kappa shape index (κ3) is 4.95. The van der Waals surface area contributed by atoms with Gasteiger partial charge in [0.2, 0.25) is 23.7 Å². The van der Waals surface area contributed by atoms with E-state index in [0.717, 1.165) is 5.39 Å². The quantitative estimate of drug-likeness (QED) is 0.463. The Kier molecular flexibility index (Phi) is 5.99. The maximum Gasteiger partial charge on any atom is 0.264 e. The second-order valence-electron chi connectivity index (χ2n) is 7.71. The van der Waals surface area contributed by atoms with E-state index in [1.54, 1.807) is 37.5 Å². The Labute approximate surface area is 189 Å². The summed E-state index contributed by atoms with van der Waals surface area (Å²) in [4.78, 5) is 41.2. The molecular weight excluding hydrogens is 422 g/mol. The van der Waals surface area contributed by atoms with Crippen LogP contribution in [0.25, 0.3) is 22.2 Å². The molecule has 1 aromatic carbocycles. The molecule has 0 bridgehead atoms. The molecule has 0 radical (unpaired) electrons. The van der Waals surface area contributed by atoms with Crippen molar-refractivity contribution in [3.63, 3.8) is 0 Å². The van der Waals surface area contributed by atoms with E-state index in [4.69, 9.17) is 4.74 Å². The van der Waals surface area contributed by atoms with E-state index in [0.29, 0.717) is 34.4 Å². The van der Waals surface area contributed by atoms with Crippen molar-refractivity contribution in [3.05, 3.63) is 59.1 Å². The molecule has 0 atom stereocenters. The van der Waals surface area contributed by atoms with Gasteiger partial charge in [0.05, 0.1) is 16.8 Å². The van der Waals surface area contributed by atoms with Gasteiger partial charge in [0, 0.05) is 43.9 Å². The average Bonchev–Trinajstić information content (AvgIpc) is 2.76. The topological polar surface area (TPSA) is 124 Å². The maximum absolute atomic E-state index is 12.8. The molecule has 0 aliphatic rings. The van der Waals surface area contributed by atoms with Crippen molar-refractivity contribution in [1.82, 2.24) is 24.5 Å². The normalized spacial score (nSPS) is 10.9. The van der Waals surface area contributed by atoms with Gasteiger partial charge in [-0.2, -0.15) is 4.98 Å². The van der Waals surface area contributed by atoms with Crippen LogP contribution in [0.1, 0.15) is 20.8 Å². The van der Waals surface area contributed by atoms with Gasteiger partial charge in [-0.25, -0.2) is 15.0 Å². The molecule has 4 rings (SSSR count). The molecule has 0 saturated carbocycles. The molecule has 0 unspecified atom stereocenters. The van der Waals surface area contributed by atoms with Gasteiger partial charge in [0.15, 0.2) is 0 Å². The van der Waals surface area contributed by atoms with E-state index in [-0.39, 0.29) is 23.5 Å². The number of fused-ring (bicyclic) bond motifs is 1. The summed E-state index contributed by atoms with van der Waals surface area (Å²) in [6.45, 7) is 5.34. The lowest BCUT2D eigenvalue weighted by Gasteiger charge is -2.13. The van der Waals surface area contributed by atoms with Crippen LogP contribution in [-0.2, 0) is 11.8 Å². The van der Waals surface area contributed by atoms with Crippen molar-refractivity contribution in [3.8, 4) is 22.9 Å². The molecule has 0 fully saturated rings. The molecule has 4 aromatic rings. The van der Waals surface area contributed by atoms with Crippen molar-refractivity contribution in [2.24, 2.45) is 7.05 Å². The van der Waals surface area contributed by atoms with Crippen molar-refractivity contribution in [2.75, 3.05) is 10.6 Å². The van der Waals surface area contributed by atoms with E-state index in [1.807, 2.05) is 26.0 Å².